The van der Waals surface area contributed by atoms with E-state index in [1.807, 2.05) is 0 Å². The van der Waals surface area contributed by atoms with Gasteiger partial charge in [-0.15, -0.1) is 6.58 Å². The molecule has 0 heterocycles. The van der Waals surface area contributed by atoms with Crippen molar-refractivity contribution >= 4 is 15.9 Å². The Kier molecular flexibility index (Phi) is 5.51. The molecule has 0 spiro atoms. The minimum atomic E-state index is -3.78. The molecule has 0 radical (unpaired) electrons. The molecule has 0 fully saturated rings. The van der Waals surface area contributed by atoms with Crippen LogP contribution in [0.3, 0.4) is 0 Å². The molecule has 3 N–H and O–H groups in total. The van der Waals surface area contributed by atoms with Gasteiger partial charge in [0.2, 0.25) is 10.0 Å². The Hall–Kier alpha value is -1.86. The van der Waals surface area contributed by atoms with Crippen LogP contribution in [-0.2, 0) is 14.8 Å². The van der Waals surface area contributed by atoms with Crippen molar-refractivity contribution in [1.82, 2.24) is 5.32 Å². The Bertz CT molecular complexity index is 666. The molecule has 0 saturated heterocycles. The molecular formula is C14H20N2O4S. The molecule has 0 unspecified atom stereocenters. The molecule has 1 aromatic carbocycles. The summed E-state index contributed by atoms with van der Waals surface area (Å²) in [5, 5.41) is 7.77. The van der Waals surface area contributed by atoms with Gasteiger partial charge in [0.15, 0.2) is 6.61 Å². The van der Waals surface area contributed by atoms with E-state index in [1.165, 1.54) is 6.07 Å². The van der Waals surface area contributed by atoms with E-state index in [9.17, 15) is 13.2 Å². The van der Waals surface area contributed by atoms with Crippen molar-refractivity contribution in [3.05, 3.63) is 35.4 Å². The Labute approximate surface area is 125 Å². The van der Waals surface area contributed by atoms with Crippen molar-refractivity contribution in [3.8, 4) is 5.75 Å². The topological polar surface area (TPSA) is 98.5 Å². The van der Waals surface area contributed by atoms with E-state index < -0.39 is 10.0 Å². The van der Waals surface area contributed by atoms with Crippen molar-refractivity contribution in [1.29, 1.82) is 0 Å². The summed E-state index contributed by atoms with van der Waals surface area (Å²) < 4.78 is 28.5. The number of ether oxygens (including phenoxy) is 1. The maximum Gasteiger partial charge on any atom is 0.258 e. The second-order valence-corrected chi connectivity index (χ2v) is 6.23. The van der Waals surface area contributed by atoms with Crippen LogP contribution in [0.25, 0.3) is 0 Å². The molecule has 7 heteroatoms. The molecule has 0 aliphatic rings. The van der Waals surface area contributed by atoms with Crippen LogP contribution in [0.1, 0.15) is 16.7 Å². The highest BCUT2D eigenvalue weighted by Crippen LogP contribution is 2.30. The van der Waals surface area contributed by atoms with Gasteiger partial charge in [0, 0.05) is 6.54 Å². The predicted molar refractivity (Wildman–Crippen MR) is 80.7 cm³/mol. The fourth-order valence-corrected chi connectivity index (χ4v) is 2.83. The monoisotopic (exact) mass is 312 g/mol. The second-order valence-electron chi connectivity index (χ2n) is 4.70. The molecule has 6 nitrogen and oxygen atoms in total. The summed E-state index contributed by atoms with van der Waals surface area (Å²) in [5.74, 6) is 0.218. The zero-order valence-electron chi connectivity index (χ0n) is 12.4. The molecule has 0 atom stereocenters. The van der Waals surface area contributed by atoms with E-state index in [1.54, 1.807) is 26.8 Å². The lowest BCUT2D eigenvalue weighted by molar-refractivity contribution is -0.122. The van der Waals surface area contributed by atoms with Crippen LogP contribution in [0.5, 0.6) is 5.75 Å². The maximum atomic E-state index is 11.5. The van der Waals surface area contributed by atoms with Crippen molar-refractivity contribution < 1.29 is 17.9 Å². The first-order valence-electron chi connectivity index (χ1n) is 6.32. The number of sulfonamides is 1. The zero-order chi connectivity index (χ0) is 16.2. The molecule has 0 aliphatic carbocycles. The summed E-state index contributed by atoms with van der Waals surface area (Å²) in [6, 6.07) is 1.45. The smallest absolute Gasteiger partial charge is 0.258 e. The van der Waals surface area contributed by atoms with Crippen LogP contribution in [0.15, 0.2) is 23.6 Å². The summed E-state index contributed by atoms with van der Waals surface area (Å²) in [6.45, 7) is 8.80. The fourth-order valence-electron chi connectivity index (χ4n) is 1.91. The minimum absolute atomic E-state index is 0.0703. The van der Waals surface area contributed by atoms with E-state index in [4.69, 9.17) is 9.88 Å². The van der Waals surface area contributed by atoms with Crippen LogP contribution < -0.4 is 15.2 Å². The number of carbonyl (C=O) groups excluding carboxylic acids is 1. The second kappa shape index (κ2) is 6.73. The Morgan fingerprint density at radius 1 is 1.38 bits per heavy atom. The highest BCUT2D eigenvalue weighted by atomic mass is 32.2. The van der Waals surface area contributed by atoms with Gasteiger partial charge in [0.25, 0.3) is 5.91 Å². The van der Waals surface area contributed by atoms with Crippen LogP contribution >= 0.6 is 0 Å². The largest absolute Gasteiger partial charge is 0.483 e. The Balaban J connectivity index is 3.03. The fraction of sp³-hybridized carbons (Fsp3) is 0.357. The first kappa shape index (κ1) is 17.2. The number of benzene rings is 1. The molecule has 0 aliphatic heterocycles. The number of carbonyl (C=O) groups is 1. The maximum absolute atomic E-state index is 11.5. The number of hydrogen-bond acceptors (Lipinski definition) is 4. The molecule has 0 aromatic heterocycles. The average molecular weight is 312 g/mol. The normalized spacial score (nSPS) is 11.0. The third kappa shape index (κ3) is 4.30. The Morgan fingerprint density at radius 2 is 2.00 bits per heavy atom. The van der Waals surface area contributed by atoms with Crippen molar-refractivity contribution in [2.24, 2.45) is 5.14 Å². The summed E-state index contributed by atoms with van der Waals surface area (Å²) in [7, 11) is -3.78. The highest BCUT2D eigenvalue weighted by Gasteiger charge is 2.18. The number of nitrogens with one attached hydrogen (secondary N) is 1. The van der Waals surface area contributed by atoms with Gasteiger partial charge in [0.05, 0.1) is 4.90 Å². The number of aryl methyl sites for hydroxylation is 1. The van der Waals surface area contributed by atoms with E-state index in [-0.39, 0.29) is 17.4 Å². The Morgan fingerprint density at radius 3 is 2.52 bits per heavy atom. The highest BCUT2D eigenvalue weighted by molar-refractivity contribution is 7.89. The third-order valence-corrected chi connectivity index (χ3v) is 4.11. The van der Waals surface area contributed by atoms with Gasteiger partial charge >= 0.3 is 0 Å². The zero-order valence-corrected chi connectivity index (χ0v) is 13.2. The number of amides is 1. The lowest BCUT2D eigenvalue weighted by atomic mass is 10.1. The summed E-state index contributed by atoms with van der Waals surface area (Å²) >= 11 is 0. The molecule has 0 saturated carbocycles. The summed E-state index contributed by atoms with van der Waals surface area (Å²) in [6.07, 6.45) is 1.57. The number of hydrogen-bond donors (Lipinski definition) is 2. The lowest BCUT2D eigenvalue weighted by Crippen LogP contribution is -2.29. The van der Waals surface area contributed by atoms with E-state index in [2.05, 4.69) is 11.9 Å². The third-order valence-electron chi connectivity index (χ3n) is 3.08. The first-order chi connectivity index (χ1) is 9.68. The molecule has 1 rings (SSSR count). The van der Waals surface area contributed by atoms with Gasteiger partial charge in [-0.3, -0.25) is 4.79 Å². The molecule has 21 heavy (non-hydrogen) atoms. The van der Waals surface area contributed by atoms with Crippen LogP contribution in [0, 0.1) is 20.8 Å². The average Bonchev–Trinajstić information content (AvgIpc) is 2.39. The standard InChI is InChI=1S/C14H20N2O4S/c1-5-6-16-13(17)8-20-14-9(2)7-12(21(15,18)19)10(3)11(14)4/h5,7H,1,6,8H2,2-4H3,(H,16,17)(H2,15,18,19). The molecular weight excluding hydrogens is 292 g/mol. The van der Waals surface area contributed by atoms with Crippen molar-refractivity contribution in [2.45, 2.75) is 25.7 Å². The van der Waals surface area contributed by atoms with Gasteiger partial charge in [-0.1, -0.05) is 6.08 Å². The van der Waals surface area contributed by atoms with Gasteiger partial charge in [-0.2, -0.15) is 0 Å². The summed E-state index contributed by atoms with van der Waals surface area (Å²) in [4.78, 5) is 11.6. The quantitative estimate of drug-likeness (QED) is 0.764. The first-order valence-corrected chi connectivity index (χ1v) is 7.87. The summed E-state index contributed by atoms with van der Waals surface area (Å²) in [5.41, 5.74) is 1.78. The molecule has 1 amide bonds. The van der Waals surface area contributed by atoms with E-state index >= 15 is 0 Å². The predicted octanol–water partition coefficient (Wildman–Crippen LogP) is 0.940. The van der Waals surface area contributed by atoms with Gasteiger partial charge in [0.1, 0.15) is 5.75 Å². The van der Waals surface area contributed by atoms with Gasteiger partial charge < -0.3 is 10.1 Å². The van der Waals surface area contributed by atoms with Gasteiger partial charge in [-0.05, 0) is 43.5 Å². The molecule has 116 valence electrons. The molecule has 0 bridgehead atoms. The van der Waals surface area contributed by atoms with Crippen LogP contribution in [-0.4, -0.2) is 27.5 Å². The number of rotatable bonds is 6. The SMILES string of the molecule is C=CCNC(=O)COc1c(C)cc(S(N)(=O)=O)c(C)c1C. The minimum Gasteiger partial charge on any atom is -0.483 e. The lowest BCUT2D eigenvalue weighted by Gasteiger charge is -2.16. The van der Waals surface area contributed by atoms with Gasteiger partial charge in [-0.25, -0.2) is 13.6 Å². The number of nitrogens with two attached hydrogens (primary N) is 1. The molecule has 1 aromatic rings. The number of primary sulfonamides is 1. The van der Waals surface area contributed by atoms with E-state index in [0.717, 1.165) is 0 Å². The van der Waals surface area contributed by atoms with Crippen molar-refractivity contribution in [2.75, 3.05) is 13.2 Å². The van der Waals surface area contributed by atoms with Crippen molar-refractivity contribution in [3.63, 3.8) is 0 Å². The van der Waals surface area contributed by atoms with E-state index in [0.29, 0.717) is 29.0 Å². The van der Waals surface area contributed by atoms with Crippen LogP contribution in [0.4, 0.5) is 0 Å². The van der Waals surface area contributed by atoms with Crippen LogP contribution in [0.2, 0.25) is 0 Å².